The van der Waals surface area contributed by atoms with E-state index in [0.717, 1.165) is 24.7 Å². The standard InChI is InChI=1S/C16H19N5O/c1-11-2-5-15(22)21(19-11)10-12-8-20(9-12)16-17-6-14(7-18-16)13-3-4-13/h2,5-7,12-13H,3-4,8-10H2,1H3. The Morgan fingerprint density at radius 1 is 1.18 bits per heavy atom. The van der Waals surface area contributed by atoms with Crippen LogP contribution in [-0.2, 0) is 6.54 Å². The number of anilines is 1. The van der Waals surface area contributed by atoms with E-state index in [0.29, 0.717) is 18.4 Å². The van der Waals surface area contributed by atoms with Gasteiger partial charge in [0.15, 0.2) is 0 Å². The number of rotatable bonds is 4. The average Bonchev–Trinajstić information content (AvgIpc) is 3.31. The number of hydrogen-bond donors (Lipinski definition) is 0. The van der Waals surface area contributed by atoms with E-state index in [4.69, 9.17) is 0 Å². The van der Waals surface area contributed by atoms with Crippen molar-refractivity contribution in [1.29, 1.82) is 0 Å². The molecule has 2 fully saturated rings. The third-order valence-electron chi connectivity index (χ3n) is 4.38. The minimum atomic E-state index is -0.0333. The van der Waals surface area contributed by atoms with E-state index in [1.807, 2.05) is 19.3 Å². The number of aryl methyl sites for hydroxylation is 1. The molecular weight excluding hydrogens is 278 g/mol. The SMILES string of the molecule is Cc1ccc(=O)n(CC2CN(c3ncc(C4CC4)cn3)C2)n1. The predicted octanol–water partition coefficient (Wildman–Crippen LogP) is 1.36. The van der Waals surface area contributed by atoms with Crippen LogP contribution in [0.4, 0.5) is 5.95 Å². The highest BCUT2D eigenvalue weighted by atomic mass is 16.1. The molecule has 22 heavy (non-hydrogen) atoms. The molecule has 1 aliphatic carbocycles. The van der Waals surface area contributed by atoms with Gasteiger partial charge in [0.2, 0.25) is 5.95 Å². The Morgan fingerprint density at radius 2 is 1.91 bits per heavy atom. The maximum Gasteiger partial charge on any atom is 0.266 e. The monoisotopic (exact) mass is 297 g/mol. The number of aromatic nitrogens is 4. The summed E-state index contributed by atoms with van der Waals surface area (Å²) in [5.41, 5.74) is 2.10. The Morgan fingerprint density at radius 3 is 2.59 bits per heavy atom. The molecule has 4 rings (SSSR count). The van der Waals surface area contributed by atoms with Crippen molar-refractivity contribution >= 4 is 5.95 Å². The highest BCUT2D eigenvalue weighted by molar-refractivity contribution is 5.35. The first-order chi connectivity index (χ1) is 10.7. The molecule has 0 amide bonds. The highest BCUT2D eigenvalue weighted by Crippen LogP contribution is 2.39. The predicted molar refractivity (Wildman–Crippen MR) is 82.9 cm³/mol. The van der Waals surface area contributed by atoms with Crippen molar-refractivity contribution in [2.75, 3.05) is 18.0 Å². The van der Waals surface area contributed by atoms with Gasteiger partial charge < -0.3 is 4.90 Å². The van der Waals surface area contributed by atoms with Crippen molar-refractivity contribution in [3.63, 3.8) is 0 Å². The van der Waals surface area contributed by atoms with Crippen molar-refractivity contribution in [2.24, 2.45) is 5.92 Å². The zero-order valence-electron chi connectivity index (χ0n) is 12.6. The molecule has 1 aliphatic heterocycles. The Bertz CT molecular complexity index is 729. The van der Waals surface area contributed by atoms with E-state index in [1.54, 1.807) is 16.8 Å². The summed E-state index contributed by atoms with van der Waals surface area (Å²) in [6.07, 6.45) is 6.46. The van der Waals surface area contributed by atoms with Crippen LogP contribution in [0, 0.1) is 12.8 Å². The number of nitrogens with zero attached hydrogens (tertiary/aromatic N) is 5. The largest absolute Gasteiger partial charge is 0.340 e. The molecule has 0 radical (unpaired) electrons. The fourth-order valence-electron chi connectivity index (χ4n) is 2.90. The summed E-state index contributed by atoms with van der Waals surface area (Å²) in [5, 5.41) is 4.28. The third-order valence-corrected chi connectivity index (χ3v) is 4.38. The minimum Gasteiger partial charge on any atom is -0.340 e. The first-order valence-corrected chi connectivity index (χ1v) is 7.81. The van der Waals surface area contributed by atoms with Gasteiger partial charge in [-0.3, -0.25) is 4.79 Å². The first kappa shape index (κ1) is 13.4. The van der Waals surface area contributed by atoms with Crippen LogP contribution in [0.25, 0.3) is 0 Å². The quantitative estimate of drug-likeness (QED) is 0.852. The summed E-state index contributed by atoms with van der Waals surface area (Å²) >= 11 is 0. The normalized spacial score (nSPS) is 18.3. The first-order valence-electron chi connectivity index (χ1n) is 7.81. The topological polar surface area (TPSA) is 63.9 Å². The molecule has 6 nitrogen and oxygen atoms in total. The van der Waals surface area contributed by atoms with Crippen LogP contribution in [0.15, 0.2) is 29.3 Å². The molecular formula is C16H19N5O. The van der Waals surface area contributed by atoms with E-state index in [-0.39, 0.29) is 5.56 Å². The van der Waals surface area contributed by atoms with Crippen LogP contribution < -0.4 is 10.5 Å². The van der Waals surface area contributed by atoms with Crippen LogP contribution in [0.5, 0.6) is 0 Å². The molecule has 0 atom stereocenters. The van der Waals surface area contributed by atoms with Gasteiger partial charge >= 0.3 is 0 Å². The van der Waals surface area contributed by atoms with Gasteiger partial charge in [0.05, 0.1) is 12.2 Å². The molecule has 0 spiro atoms. The lowest BCUT2D eigenvalue weighted by Gasteiger charge is -2.39. The van der Waals surface area contributed by atoms with Crippen LogP contribution in [0.1, 0.15) is 30.0 Å². The Hall–Kier alpha value is -2.24. The molecule has 0 bridgehead atoms. The molecule has 3 heterocycles. The van der Waals surface area contributed by atoms with Gasteiger partial charge in [-0.15, -0.1) is 0 Å². The lowest BCUT2D eigenvalue weighted by molar-refractivity contribution is 0.330. The number of hydrogen-bond acceptors (Lipinski definition) is 5. The Labute approximate surface area is 128 Å². The lowest BCUT2D eigenvalue weighted by atomic mass is 10.0. The summed E-state index contributed by atoms with van der Waals surface area (Å²) in [7, 11) is 0. The second-order valence-corrected chi connectivity index (χ2v) is 6.36. The van der Waals surface area contributed by atoms with Crippen molar-refractivity contribution in [2.45, 2.75) is 32.2 Å². The van der Waals surface area contributed by atoms with E-state index in [1.165, 1.54) is 18.4 Å². The second kappa shape index (κ2) is 5.19. The van der Waals surface area contributed by atoms with Crippen molar-refractivity contribution < 1.29 is 0 Å². The van der Waals surface area contributed by atoms with E-state index in [9.17, 15) is 4.79 Å². The molecule has 1 saturated heterocycles. The summed E-state index contributed by atoms with van der Waals surface area (Å²) in [6, 6.07) is 3.33. The summed E-state index contributed by atoms with van der Waals surface area (Å²) < 4.78 is 1.56. The molecule has 2 aliphatic rings. The summed E-state index contributed by atoms with van der Waals surface area (Å²) in [5.74, 6) is 1.92. The van der Waals surface area contributed by atoms with E-state index >= 15 is 0 Å². The molecule has 1 saturated carbocycles. The third kappa shape index (κ3) is 2.61. The van der Waals surface area contributed by atoms with Crippen LogP contribution in [-0.4, -0.2) is 32.8 Å². The molecule has 0 N–H and O–H groups in total. The van der Waals surface area contributed by atoms with Crippen LogP contribution in [0.2, 0.25) is 0 Å². The van der Waals surface area contributed by atoms with Crippen molar-refractivity contribution in [3.8, 4) is 0 Å². The average molecular weight is 297 g/mol. The fourth-order valence-corrected chi connectivity index (χ4v) is 2.90. The zero-order chi connectivity index (χ0) is 15.1. The van der Waals surface area contributed by atoms with Gasteiger partial charge in [-0.1, -0.05) is 0 Å². The molecule has 0 aromatic carbocycles. The van der Waals surface area contributed by atoms with Gasteiger partial charge in [0.1, 0.15) is 0 Å². The molecule has 2 aromatic rings. The van der Waals surface area contributed by atoms with Gasteiger partial charge in [-0.25, -0.2) is 14.6 Å². The molecule has 2 aromatic heterocycles. The van der Waals surface area contributed by atoms with Gasteiger partial charge in [0, 0.05) is 37.5 Å². The summed E-state index contributed by atoms with van der Waals surface area (Å²) in [4.78, 5) is 22.9. The molecule has 0 unspecified atom stereocenters. The Kier molecular flexibility index (Phi) is 3.17. The van der Waals surface area contributed by atoms with Crippen molar-refractivity contribution in [3.05, 3.63) is 46.1 Å². The summed E-state index contributed by atoms with van der Waals surface area (Å²) in [6.45, 7) is 4.32. The van der Waals surface area contributed by atoms with Gasteiger partial charge in [-0.05, 0) is 37.3 Å². The maximum absolute atomic E-state index is 11.8. The van der Waals surface area contributed by atoms with E-state index in [2.05, 4.69) is 20.0 Å². The van der Waals surface area contributed by atoms with Crippen LogP contribution >= 0.6 is 0 Å². The minimum absolute atomic E-state index is 0.0333. The molecule has 6 heteroatoms. The maximum atomic E-state index is 11.8. The highest BCUT2D eigenvalue weighted by Gasteiger charge is 2.30. The Balaban J connectivity index is 1.37. The van der Waals surface area contributed by atoms with Gasteiger partial charge in [0.25, 0.3) is 5.56 Å². The van der Waals surface area contributed by atoms with Gasteiger partial charge in [-0.2, -0.15) is 5.10 Å². The second-order valence-electron chi connectivity index (χ2n) is 6.36. The smallest absolute Gasteiger partial charge is 0.266 e. The van der Waals surface area contributed by atoms with E-state index < -0.39 is 0 Å². The lowest BCUT2D eigenvalue weighted by Crippen LogP contribution is -2.50. The fraction of sp³-hybridized carbons (Fsp3) is 0.500. The van der Waals surface area contributed by atoms with Crippen LogP contribution in [0.3, 0.4) is 0 Å². The zero-order valence-corrected chi connectivity index (χ0v) is 12.6. The molecule has 114 valence electrons. The van der Waals surface area contributed by atoms with Crippen molar-refractivity contribution in [1.82, 2.24) is 19.7 Å².